The van der Waals surface area contributed by atoms with Crippen molar-refractivity contribution in [1.29, 1.82) is 0 Å². The lowest BCUT2D eigenvalue weighted by atomic mass is 9.77. The number of ketones is 1. The van der Waals surface area contributed by atoms with Crippen LogP contribution in [0.5, 0.6) is 0 Å². The molecule has 0 radical (unpaired) electrons. The Morgan fingerprint density at radius 3 is 2.27 bits per heavy atom. The molecule has 3 aromatic carbocycles. The van der Waals surface area contributed by atoms with Crippen molar-refractivity contribution in [1.82, 2.24) is 20.5 Å². The molecule has 0 saturated heterocycles. The number of aryl methyl sites for hydroxylation is 2. The van der Waals surface area contributed by atoms with Crippen molar-refractivity contribution in [2.24, 2.45) is 23.5 Å². The summed E-state index contributed by atoms with van der Waals surface area (Å²) in [5.41, 5.74) is 11.7. The van der Waals surface area contributed by atoms with Crippen molar-refractivity contribution in [2.45, 2.75) is 78.2 Å². The number of H-pyrrole nitrogens is 1. The predicted molar refractivity (Wildman–Crippen MR) is 197 cm³/mol. The van der Waals surface area contributed by atoms with Gasteiger partial charge >= 0.3 is 5.97 Å². The lowest BCUT2D eigenvalue weighted by Crippen LogP contribution is -2.31. The number of amides is 2. The molecule has 0 aliphatic heterocycles. The summed E-state index contributed by atoms with van der Waals surface area (Å²) in [6, 6.07) is 20.8. The van der Waals surface area contributed by atoms with E-state index < -0.39 is 11.9 Å². The zero-order valence-electron chi connectivity index (χ0n) is 29.6. The number of nitrogens with zero attached hydrogens (tertiary/aromatic N) is 2. The number of nitrogens with one attached hydrogen (secondary N) is 3. The molecule has 0 unspecified atom stereocenters. The molecule has 0 bridgehead atoms. The minimum Gasteiger partial charge on any atom is -0.481 e. The first-order valence-electron chi connectivity index (χ1n) is 17.8. The highest BCUT2D eigenvalue weighted by molar-refractivity contribution is 5.97. The zero-order valence-corrected chi connectivity index (χ0v) is 29.6. The molecule has 11 nitrogen and oxygen atoms in total. The third-order valence-electron chi connectivity index (χ3n) is 9.64. The van der Waals surface area contributed by atoms with E-state index >= 15 is 0 Å². The molecule has 1 atom stereocenters. The highest BCUT2D eigenvalue weighted by Gasteiger charge is 2.30. The smallest absolute Gasteiger partial charge is 0.303 e. The second-order valence-electron chi connectivity index (χ2n) is 13.9. The molecular weight excluding hydrogens is 644 g/mol. The van der Waals surface area contributed by atoms with Crippen LogP contribution in [0.15, 0.2) is 66.7 Å². The van der Waals surface area contributed by atoms with Gasteiger partial charge in [-0.25, -0.2) is 4.98 Å². The summed E-state index contributed by atoms with van der Waals surface area (Å²) in [7, 11) is 0. The second kappa shape index (κ2) is 17.2. The summed E-state index contributed by atoms with van der Waals surface area (Å²) < 4.78 is 0. The first-order valence-corrected chi connectivity index (χ1v) is 17.8. The summed E-state index contributed by atoms with van der Waals surface area (Å²) in [5.74, 6) is -0.403. The molecule has 0 spiro atoms. The van der Waals surface area contributed by atoms with Crippen molar-refractivity contribution in [2.75, 3.05) is 11.9 Å². The van der Waals surface area contributed by atoms with Crippen LogP contribution in [-0.4, -0.2) is 56.4 Å². The van der Waals surface area contributed by atoms with E-state index in [1.807, 2.05) is 63.2 Å². The minimum absolute atomic E-state index is 0.0321. The van der Waals surface area contributed by atoms with Crippen molar-refractivity contribution in [3.63, 3.8) is 0 Å². The Labute approximate surface area is 298 Å². The fourth-order valence-corrected chi connectivity index (χ4v) is 6.62. The van der Waals surface area contributed by atoms with Gasteiger partial charge in [-0.2, -0.15) is 5.10 Å². The number of nitrogens with two attached hydrogens (primary N) is 1. The van der Waals surface area contributed by atoms with E-state index in [9.17, 15) is 19.2 Å². The Morgan fingerprint density at radius 2 is 1.63 bits per heavy atom. The molecule has 1 saturated carbocycles. The van der Waals surface area contributed by atoms with Gasteiger partial charge in [-0.05, 0) is 124 Å². The normalized spacial score (nSPS) is 16.4. The number of carbonyl (C=O) groups excluding carboxylic acids is 3. The SMILES string of the molecule is Cc1ccc(C(=O)NC(C)C)cc1-c1ccc(C[C@H](CC(=O)C2CCC(CN)CC2)C(=O)Nc2ccc(-c3n[nH]c(CCC(=O)O)n3)cc2)cc1. The standard InChI is InChI=1S/C40H48N6O5/c1-24(2)42-39(50)31-9-4-25(3)34(21-31)28-10-5-26(6-11-28)20-32(22-35(47)29-12-7-27(23-41)8-13-29)40(51)43-33-16-14-30(15-17-33)38-44-36(45-46-38)18-19-37(48)49/h4-6,9-11,14-17,21,24,27,29,32H,7-8,12-13,18-20,22-23,41H2,1-3H3,(H,42,50)(H,43,51)(H,48,49)(H,44,45,46)/t27?,29?,32-/m1/s1. The Balaban J connectivity index is 1.30. The van der Waals surface area contributed by atoms with E-state index in [2.05, 4.69) is 25.8 Å². The van der Waals surface area contributed by atoms with Crippen LogP contribution >= 0.6 is 0 Å². The van der Waals surface area contributed by atoms with Crippen molar-refractivity contribution < 1.29 is 24.3 Å². The molecule has 5 rings (SSSR count). The Kier molecular flexibility index (Phi) is 12.5. The molecule has 51 heavy (non-hydrogen) atoms. The molecule has 268 valence electrons. The molecule has 6 N–H and O–H groups in total. The predicted octanol–water partition coefficient (Wildman–Crippen LogP) is 6.12. The number of hydrogen-bond acceptors (Lipinski definition) is 7. The first kappa shape index (κ1) is 37.1. The monoisotopic (exact) mass is 692 g/mol. The molecule has 11 heteroatoms. The zero-order chi connectivity index (χ0) is 36.5. The number of aromatic nitrogens is 3. The summed E-state index contributed by atoms with van der Waals surface area (Å²) in [5, 5.41) is 21.9. The van der Waals surface area contributed by atoms with Crippen LogP contribution in [0.1, 0.15) is 79.7 Å². The number of Topliss-reactive ketones (excluding diaryl/α,β-unsaturated/α-hetero) is 1. The topological polar surface area (TPSA) is 180 Å². The third-order valence-corrected chi connectivity index (χ3v) is 9.64. The lowest BCUT2D eigenvalue weighted by molar-refractivity contribution is -0.137. The number of aliphatic carboxylic acids is 1. The number of carboxylic acid groups (broad SMARTS) is 1. The van der Waals surface area contributed by atoms with Crippen LogP contribution < -0.4 is 16.4 Å². The Hall–Kier alpha value is -5.16. The van der Waals surface area contributed by atoms with E-state index in [-0.39, 0.29) is 48.8 Å². The average molecular weight is 693 g/mol. The van der Waals surface area contributed by atoms with Gasteiger partial charge in [0.05, 0.1) is 6.42 Å². The van der Waals surface area contributed by atoms with Gasteiger partial charge in [0.1, 0.15) is 11.6 Å². The van der Waals surface area contributed by atoms with Crippen molar-refractivity contribution >= 4 is 29.3 Å². The highest BCUT2D eigenvalue weighted by atomic mass is 16.4. The number of aromatic amines is 1. The molecule has 2 amide bonds. The highest BCUT2D eigenvalue weighted by Crippen LogP contribution is 2.32. The van der Waals surface area contributed by atoms with Crippen LogP contribution in [-0.2, 0) is 27.2 Å². The van der Waals surface area contributed by atoms with Crippen molar-refractivity contribution in [3.05, 3.63) is 89.2 Å². The van der Waals surface area contributed by atoms with Crippen molar-refractivity contribution in [3.8, 4) is 22.5 Å². The number of benzene rings is 3. The first-order chi connectivity index (χ1) is 24.5. The van der Waals surface area contributed by atoms with E-state index in [4.69, 9.17) is 10.8 Å². The molecule has 1 fully saturated rings. The van der Waals surface area contributed by atoms with Gasteiger partial charge in [0, 0.05) is 47.5 Å². The quantitative estimate of drug-likeness (QED) is 0.0988. The largest absolute Gasteiger partial charge is 0.481 e. The Bertz CT molecular complexity index is 1820. The summed E-state index contributed by atoms with van der Waals surface area (Å²) in [6.45, 7) is 6.51. The fraction of sp³-hybridized carbons (Fsp3) is 0.400. The fourth-order valence-electron chi connectivity index (χ4n) is 6.62. The number of carbonyl (C=O) groups is 4. The second-order valence-corrected chi connectivity index (χ2v) is 13.9. The maximum absolute atomic E-state index is 13.8. The van der Waals surface area contributed by atoms with Crippen LogP contribution in [0.4, 0.5) is 5.69 Å². The number of anilines is 1. The number of rotatable bonds is 15. The summed E-state index contributed by atoms with van der Waals surface area (Å²) in [6.07, 6.45) is 4.21. The molecular formula is C40H48N6O5. The van der Waals surface area contributed by atoms with Gasteiger partial charge in [-0.3, -0.25) is 24.3 Å². The van der Waals surface area contributed by atoms with E-state index in [1.54, 1.807) is 24.3 Å². The molecule has 4 aromatic rings. The summed E-state index contributed by atoms with van der Waals surface area (Å²) in [4.78, 5) is 55.3. The van der Waals surface area contributed by atoms with Crippen LogP contribution in [0, 0.1) is 24.7 Å². The van der Waals surface area contributed by atoms with E-state index in [0.717, 1.165) is 47.9 Å². The average Bonchev–Trinajstić information content (AvgIpc) is 3.60. The third kappa shape index (κ3) is 10.2. The van der Waals surface area contributed by atoms with Gasteiger partial charge in [0.25, 0.3) is 5.91 Å². The maximum Gasteiger partial charge on any atom is 0.303 e. The van der Waals surface area contributed by atoms with Gasteiger partial charge in [-0.15, -0.1) is 0 Å². The molecule has 1 heterocycles. The minimum atomic E-state index is -0.908. The number of hydrogen-bond donors (Lipinski definition) is 5. The van der Waals surface area contributed by atoms with Crippen LogP contribution in [0.3, 0.4) is 0 Å². The summed E-state index contributed by atoms with van der Waals surface area (Å²) >= 11 is 0. The molecule has 1 aliphatic carbocycles. The van der Waals surface area contributed by atoms with Crippen LogP contribution in [0.25, 0.3) is 22.5 Å². The van der Waals surface area contributed by atoms with E-state index in [1.165, 1.54) is 0 Å². The van der Waals surface area contributed by atoms with Crippen LogP contribution in [0.2, 0.25) is 0 Å². The van der Waals surface area contributed by atoms with Gasteiger partial charge in [0.2, 0.25) is 5.91 Å². The van der Waals surface area contributed by atoms with Gasteiger partial charge in [-0.1, -0.05) is 30.3 Å². The van der Waals surface area contributed by atoms with E-state index in [0.29, 0.717) is 47.3 Å². The molecule has 1 aromatic heterocycles. The lowest BCUT2D eigenvalue weighted by Gasteiger charge is -2.27. The van der Waals surface area contributed by atoms with Gasteiger partial charge < -0.3 is 21.5 Å². The van der Waals surface area contributed by atoms with Gasteiger partial charge in [0.15, 0.2) is 5.82 Å². The maximum atomic E-state index is 13.8. The Morgan fingerprint density at radius 1 is 0.941 bits per heavy atom. The molecule has 1 aliphatic rings. The number of carboxylic acids is 1.